The second kappa shape index (κ2) is 30.0. The van der Waals surface area contributed by atoms with E-state index in [1.807, 2.05) is 256 Å². The van der Waals surface area contributed by atoms with Gasteiger partial charge in [0, 0.05) is 54.7 Å². The molecule has 6 saturated heterocycles. The van der Waals surface area contributed by atoms with Crippen LogP contribution in [0.15, 0.2) is 243 Å². The van der Waals surface area contributed by atoms with Gasteiger partial charge < -0.3 is 76.6 Å². The molecule has 0 spiro atoms. The number of carbonyl (C=O) groups is 2. The van der Waals surface area contributed by atoms with Gasteiger partial charge in [0.2, 0.25) is 0 Å². The van der Waals surface area contributed by atoms with Crippen molar-refractivity contribution in [3.05, 3.63) is 243 Å². The third kappa shape index (κ3) is 15.6. The molecule has 8 aromatic rings. The summed E-state index contributed by atoms with van der Waals surface area (Å²) in [7, 11) is -50.5. The van der Waals surface area contributed by atoms with Crippen molar-refractivity contribution >= 4 is 173 Å². The van der Waals surface area contributed by atoms with Gasteiger partial charge in [-0.1, -0.05) is 275 Å². The molecule has 6 aliphatic rings. The number of hydrogen-bond acceptors (Lipinski definition) is 20. The first-order valence-electron chi connectivity index (χ1n) is 33.1. The van der Waals surface area contributed by atoms with Crippen LogP contribution in [0.5, 0.6) is 0 Å². The molecule has 0 radical (unpaired) electrons. The molecule has 14 rings (SSSR count). The van der Waals surface area contributed by atoms with Crippen LogP contribution in [-0.4, -0.2) is 148 Å². The van der Waals surface area contributed by atoms with Gasteiger partial charge in [-0.3, -0.25) is 9.59 Å². The minimum atomic E-state index is -5.33. The van der Waals surface area contributed by atoms with Gasteiger partial charge in [0.05, 0.1) is 13.2 Å². The van der Waals surface area contributed by atoms with Crippen molar-refractivity contribution < 1.29 is 86.1 Å². The Labute approximate surface area is 610 Å². The second-order valence-electron chi connectivity index (χ2n) is 25.7. The van der Waals surface area contributed by atoms with E-state index in [0.29, 0.717) is 54.3 Å². The molecule has 100 heavy (non-hydrogen) atoms. The van der Waals surface area contributed by atoms with Gasteiger partial charge in [0.25, 0.3) is 0 Å². The summed E-state index contributed by atoms with van der Waals surface area (Å²) in [6, 6.07) is 76.8. The Hall–Kier alpha value is -4.81. The lowest BCUT2D eigenvalue weighted by Crippen LogP contribution is -2.93. The van der Waals surface area contributed by atoms with Gasteiger partial charge in [-0.2, -0.15) is 0 Å². The standard InChI is InChI=1S/C68H78Br2O20Si10/c1-67(2,69)65(71)75-53-51-73-49-31-55-91(5)77-93(57-33-15-7-16-34-57)81-97(61-41-23-11-24-42-61)85-95(59-37-19-9-20-38-59)79-92(6,56-32-50-74-52-54-76-66(72)68(3,4)70)80-96(60-39-21-10-22-40-60)87-99(89-97,63-45-27-13-28-46-63)83-94(78-91,58-35-17-8-18-36-58)84-100(88-96,64-47-29-14-30-48-64)90-98(82-93,86-95)62-43-25-12-26-44-62/h7-30,33-48H,31-32,49-56H2,1-6H3. The highest BCUT2D eigenvalue weighted by atomic mass is 79.9. The molecule has 0 atom stereocenters. The quantitative estimate of drug-likeness (QED) is 0.0250. The van der Waals surface area contributed by atoms with Crippen molar-refractivity contribution in [1.29, 1.82) is 0 Å². The maximum atomic E-state index is 12.9. The number of rotatable bonds is 24. The number of ether oxygens (including phenoxy) is 4. The molecular weight excluding hydrogens is 1580 g/mol. The summed E-state index contributed by atoms with van der Waals surface area (Å²) < 4.78 is 142. The van der Waals surface area contributed by atoms with Crippen molar-refractivity contribution in [2.24, 2.45) is 0 Å². The number of esters is 2. The Morgan fingerprint density at radius 2 is 0.450 bits per heavy atom. The second-order valence-corrected chi connectivity index (χ2v) is 60.2. The molecule has 6 fully saturated rings. The number of hydrogen-bond donors (Lipinski definition) is 0. The first kappa shape index (κ1) is 73.5. The summed E-state index contributed by atoms with van der Waals surface area (Å²) in [6.45, 7) is 11.5. The van der Waals surface area contributed by atoms with Crippen LogP contribution in [0.4, 0.5) is 0 Å². The molecule has 0 aliphatic carbocycles. The lowest BCUT2D eigenvalue weighted by atomic mass is 10.2. The van der Waals surface area contributed by atoms with Crippen LogP contribution in [0.2, 0.25) is 25.2 Å². The normalized spacial score (nSPS) is 30.4. The zero-order valence-electron chi connectivity index (χ0n) is 56.1. The van der Waals surface area contributed by atoms with E-state index in [1.165, 1.54) is 0 Å². The van der Waals surface area contributed by atoms with Crippen LogP contribution in [0.3, 0.4) is 0 Å². The molecule has 0 amide bonds. The number of carbonyl (C=O) groups excluding carboxylic acids is 2. The van der Waals surface area contributed by atoms with Gasteiger partial charge >= 0.3 is 99.5 Å². The highest BCUT2D eigenvalue weighted by Gasteiger charge is 2.83. The predicted molar refractivity (Wildman–Crippen MR) is 401 cm³/mol. The maximum absolute atomic E-state index is 12.9. The van der Waals surface area contributed by atoms with E-state index in [1.54, 1.807) is 27.7 Å². The summed E-state index contributed by atoms with van der Waals surface area (Å²) in [5.41, 5.74) is 0. The molecule has 0 saturated carbocycles. The number of alkyl halides is 2. The fourth-order valence-electron chi connectivity index (χ4n) is 12.1. The van der Waals surface area contributed by atoms with Crippen LogP contribution in [-0.2, 0) is 86.1 Å². The average molecular weight is 1660 g/mol. The SMILES string of the molecule is CC(C)(Br)C(=O)OCCOCCC[Si]1(C)O[Si]2(c3ccccc3)O[Si]3(c4ccccc4)O[Si]4(c5ccccc5)O[Si](C)(CCCOCCOC(=O)C(C)(C)Br)O[Si]5(c6ccccc6)O[Si](c6ccccc6)(O[Si](c6ccccc6)(O1)O[Si](c1ccccc1)(O5)O[Si](c1ccccc1)(O2)O4)O3. The highest BCUT2D eigenvalue weighted by molar-refractivity contribution is 9.10. The van der Waals surface area contributed by atoms with Crippen LogP contribution in [0.1, 0.15) is 40.5 Å². The van der Waals surface area contributed by atoms with E-state index in [2.05, 4.69) is 31.9 Å². The largest absolute Gasteiger partial charge is 0.515 e. The van der Waals surface area contributed by atoms with Crippen LogP contribution >= 0.6 is 31.9 Å². The molecule has 6 aliphatic heterocycles. The summed E-state index contributed by atoms with van der Waals surface area (Å²) >= 11 is 6.83. The van der Waals surface area contributed by atoms with Crippen molar-refractivity contribution in [2.45, 2.75) is 74.4 Å². The van der Waals surface area contributed by atoms with Gasteiger partial charge in [0.1, 0.15) is 21.9 Å². The zero-order valence-corrected chi connectivity index (χ0v) is 69.3. The predicted octanol–water partition coefficient (Wildman–Crippen LogP) is 7.45. The summed E-state index contributed by atoms with van der Waals surface area (Å²) in [6.07, 6.45) is 0.675. The van der Waals surface area contributed by atoms with Gasteiger partial charge in [0.15, 0.2) is 0 Å². The molecule has 8 bridgehead atoms. The Bertz CT molecular complexity index is 3560. The Morgan fingerprint density at radius 1 is 0.280 bits per heavy atom. The fraction of sp³-hybridized carbons (Fsp3) is 0.265. The highest BCUT2D eigenvalue weighted by Crippen LogP contribution is 2.48. The van der Waals surface area contributed by atoms with Crippen LogP contribution in [0.25, 0.3) is 0 Å². The third-order valence-electron chi connectivity index (χ3n) is 16.8. The first-order valence-corrected chi connectivity index (χ1v) is 53.6. The molecule has 32 heteroatoms. The molecule has 8 aromatic carbocycles. The van der Waals surface area contributed by atoms with Gasteiger partial charge in [-0.15, -0.1) is 0 Å². The lowest BCUT2D eigenvalue weighted by Gasteiger charge is -2.61. The fourth-order valence-corrected chi connectivity index (χ4v) is 69.0. The Morgan fingerprint density at radius 3 is 0.620 bits per heavy atom. The number of halogens is 2. The topological polar surface area (TPSA) is 200 Å². The molecule has 0 N–H and O–H groups in total. The van der Waals surface area contributed by atoms with Crippen molar-refractivity contribution in [1.82, 2.24) is 0 Å². The molecule has 6 heterocycles. The van der Waals surface area contributed by atoms with Gasteiger partial charge in [-0.25, -0.2) is 0 Å². The van der Waals surface area contributed by atoms with Crippen molar-refractivity contribution in [3.8, 4) is 0 Å². The molecule has 20 nitrogen and oxygen atoms in total. The Kier molecular flexibility index (Phi) is 22.0. The zero-order chi connectivity index (χ0) is 69.9. The minimum absolute atomic E-state index is 0.0194. The molecular formula is C68H78Br2O20Si10. The van der Waals surface area contributed by atoms with Gasteiger partial charge in [-0.05, 0) is 65.7 Å². The average Bonchev–Trinajstić information content (AvgIpc) is 0.677. The van der Waals surface area contributed by atoms with Crippen molar-refractivity contribution in [3.63, 3.8) is 0 Å². The first-order chi connectivity index (χ1) is 48.0. The monoisotopic (exact) mass is 1650 g/mol. The van der Waals surface area contributed by atoms with Crippen molar-refractivity contribution in [2.75, 3.05) is 39.6 Å². The minimum Gasteiger partial charge on any atom is -0.462 e. The molecule has 0 unspecified atom stereocenters. The smallest absolute Gasteiger partial charge is 0.462 e. The third-order valence-corrected chi connectivity index (χ3v) is 61.0. The van der Waals surface area contributed by atoms with E-state index in [4.69, 9.17) is 76.6 Å². The van der Waals surface area contributed by atoms with E-state index >= 15 is 0 Å². The summed E-state index contributed by atoms with van der Waals surface area (Å²) in [5, 5.41) is 3.72. The van der Waals surface area contributed by atoms with E-state index in [9.17, 15) is 9.59 Å². The Balaban J connectivity index is 1.16. The molecule has 0 aromatic heterocycles. The number of benzene rings is 8. The lowest BCUT2D eigenvalue weighted by molar-refractivity contribution is -0.147. The summed E-state index contributed by atoms with van der Waals surface area (Å²) in [5.74, 6) is -0.837. The van der Waals surface area contributed by atoms with E-state index in [0.717, 1.165) is 0 Å². The van der Waals surface area contributed by atoms with Crippen LogP contribution < -0.4 is 41.5 Å². The maximum Gasteiger partial charge on any atom is 0.515 e. The van der Waals surface area contributed by atoms with E-state index in [-0.39, 0.29) is 51.7 Å². The summed E-state index contributed by atoms with van der Waals surface area (Å²) in [4.78, 5) is 25.7. The van der Waals surface area contributed by atoms with Crippen LogP contribution in [0, 0.1) is 0 Å². The van der Waals surface area contributed by atoms with E-state index < -0.39 is 108 Å². The molecule has 524 valence electrons. The number of fused-ring (bicyclic) bond motifs is 4.